The van der Waals surface area contributed by atoms with Crippen LogP contribution < -0.4 is 5.73 Å². The number of aryl methyl sites for hydroxylation is 3. The molecule has 430 valence electrons. The fraction of sp³-hybridized carbons (Fsp3) is 0.662. The van der Waals surface area contributed by atoms with Gasteiger partial charge in [0, 0.05) is 68.8 Å². The van der Waals surface area contributed by atoms with Crippen LogP contribution in [0.2, 0.25) is 0 Å². The lowest BCUT2D eigenvalue weighted by Crippen LogP contribution is -2.29. The van der Waals surface area contributed by atoms with Crippen molar-refractivity contribution in [3.8, 4) is 0 Å². The van der Waals surface area contributed by atoms with E-state index < -0.39 is 11.6 Å². The summed E-state index contributed by atoms with van der Waals surface area (Å²) >= 11 is 0. The molecule has 1 heterocycles. The molecule has 0 aliphatic heterocycles. The van der Waals surface area contributed by atoms with Gasteiger partial charge >= 0.3 is 0 Å². The molecular formula is C65H104F2N7O2P. The van der Waals surface area contributed by atoms with E-state index in [1.165, 1.54) is 100 Å². The van der Waals surface area contributed by atoms with E-state index in [1.54, 1.807) is 13.1 Å². The fourth-order valence-corrected chi connectivity index (χ4v) is 11.2. The minimum absolute atomic E-state index is 0.131. The minimum Gasteiger partial charge on any atom is -0.404 e. The summed E-state index contributed by atoms with van der Waals surface area (Å²) in [4.78, 5) is 12.5. The molecule has 1 saturated carbocycles. The number of nitrogens with zero attached hydrogens (tertiary/aromatic N) is 6. The summed E-state index contributed by atoms with van der Waals surface area (Å²) in [6.07, 6.45) is 33.1. The van der Waals surface area contributed by atoms with Gasteiger partial charge in [0.15, 0.2) is 5.84 Å². The first kappa shape index (κ1) is 65.5. The highest BCUT2D eigenvalue weighted by Crippen LogP contribution is 2.36. The lowest BCUT2D eigenvalue weighted by Gasteiger charge is -2.28. The molecule has 4 rings (SSSR count). The number of hydrogen-bond donors (Lipinski definition) is 1. The molecule has 9 nitrogen and oxygen atoms in total. The van der Waals surface area contributed by atoms with E-state index >= 15 is 0 Å². The van der Waals surface area contributed by atoms with Gasteiger partial charge in [0.2, 0.25) is 0 Å². The van der Waals surface area contributed by atoms with Crippen LogP contribution in [-0.2, 0) is 41.8 Å². The molecular weight excluding hydrogens is 980 g/mol. The normalized spacial score (nSPS) is 15.1. The van der Waals surface area contributed by atoms with Crippen molar-refractivity contribution in [2.75, 3.05) is 52.5 Å². The number of allylic oxidation sites excluding steroid dienone is 1. The smallest absolute Gasteiger partial charge is 0.158 e. The molecule has 3 aromatic rings. The molecule has 2 atom stereocenters. The van der Waals surface area contributed by atoms with E-state index in [4.69, 9.17) is 25.2 Å². The Labute approximate surface area is 468 Å². The topological polar surface area (TPSA) is 103 Å². The summed E-state index contributed by atoms with van der Waals surface area (Å²) < 4.78 is 42.6. The summed E-state index contributed by atoms with van der Waals surface area (Å²) in [7, 11) is 0.131. The number of aromatic nitrogens is 3. The summed E-state index contributed by atoms with van der Waals surface area (Å²) in [6.45, 7) is 28.9. The average Bonchev–Trinajstić information content (AvgIpc) is 4.05. The second-order valence-corrected chi connectivity index (χ2v) is 25.7. The van der Waals surface area contributed by atoms with Gasteiger partial charge in [0.1, 0.15) is 11.6 Å². The average molecular weight is 1080 g/mol. The first-order chi connectivity index (χ1) is 37.2. The van der Waals surface area contributed by atoms with Crippen LogP contribution in [0.15, 0.2) is 88.8 Å². The monoisotopic (exact) mass is 1080 g/mol. The van der Waals surface area contributed by atoms with Crippen molar-refractivity contribution in [2.45, 2.75) is 214 Å². The van der Waals surface area contributed by atoms with Crippen molar-refractivity contribution in [3.63, 3.8) is 0 Å². The van der Waals surface area contributed by atoms with Crippen LogP contribution in [0.1, 0.15) is 197 Å². The van der Waals surface area contributed by atoms with Gasteiger partial charge in [-0.1, -0.05) is 126 Å². The van der Waals surface area contributed by atoms with Gasteiger partial charge < -0.3 is 20.1 Å². The quantitative estimate of drug-likeness (QED) is 0.0151. The number of benzene rings is 2. The van der Waals surface area contributed by atoms with Gasteiger partial charge in [0.25, 0.3) is 0 Å². The fourth-order valence-electron chi connectivity index (χ4n) is 10.4. The highest BCUT2D eigenvalue weighted by Gasteiger charge is 2.26. The second-order valence-electron chi connectivity index (χ2n) is 23.1. The maximum Gasteiger partial charge on any atom is 0.158 e. The predicted octanol–water partition coefficient (Wildman–Crippen LogP) is 16.5. The van der Waals surface area contributed by atoms with Crippen molar-refractivity contribution >= 4 is 19.5 Å². The van der Waals surface area contributed by atoms with E-state index in [0.29, 0.717) is 43.6 Å². The molecule has 0 amide bonds. The van der Waals surface area contributed by atoms with Gasteiger partial charge in [-0.15, -0.1) is 13.0 Å². The summed E-state index contributed by atoms with van der Waals surface area (Å²) in [5, 5.41) is 8.81. The Morgan fingerprint density at radius 1 is 0.818 bits per heavy atom. The van der Waals surface area contributed by atoms with E-state index in [1.807, 2.05) is 18.5 Å². The molecule has 2 N–H and O–H groups in total. The second kappa shape index (κ2) is 38.5. The number of amidine groups is 1. The lowest BCUT2D eigenvalue weighted by molar-refractivity contribution is 0.102. The van der Waals surface area contributed by atoms with Crippen molar-refractivity contribution in [1.82, 2.24) is 19.9 Å². The Hall–Kier alpha value is -4.05. The number of ether oxygens (including phenoxy) is 2. The van der Waals surface area contributed by atoms with Crippen LogP contribution in [0.25, 0.3) is 0 Å². The number of aliphatic imine (C=N–C) groups is 2. The number of unbranched alkanes of at least 4 members (excludes halogenated alkanes) is 14. The van der Waals surface area contributed by atoms with Gasteiger partial charge in [-0.3, -0.25) is 9.67 Å². The zero-order valence-corrected chi connectivity index (χ0v) is 50.3. The Balaban J connectivity index is 1.01. The molecule has 1 aliphatic rings. The zero-order valence-electron chi connectivity index (χ0n) is 49.4. The van der Waals surface area contributed by atoms with Crippen molar-refractivity contribution < 1.29 is 18.3 Å². The Morgan fingerprint density at radius 3 is 2.01 bits per heavy atom. The predicted molar refractivity (Wildman–Crippen MR) is 325 cm³/mol. The van der Waals surface area contributed by atoms with Crippen LogP contribution in [-0.4, -0.2) is 89.9 Å². The summed E-state index contributed by atoms with van der Waals surface area (Å²) in [5.41, 5.74) is 14.4. The summed E-state index contributed by atoms with van der Waals surface area (Å²) in [6, 6.07) is 12.1. The minimum atomic E-state index is -0.460. The molecule has 12 heteroatoms. The third-order valence-electron chi connectivity index (χ3n) is 14.8. The molecule has 0 radical (unpaired) electrons. The molecule has 0 saturated heterocycles. The van der Waals surface area contributed by atoms with Crippen molar-refractivity contribution in [1.29, 1.82) is 0 Å². The molecule has 2 aromatic carbocycles. The SMILES string of the molecule is C=C(CCCCCCCCCCCCCCn1cc(CCCCOCCCCCOCCN(Cc2ccc(CC(C)C)cc2)C(=C)/C(=C/N)C(N=C(C)C)=NC2CCC(CCP(C)C)C2)nn1)Cc1c(F)cc(C)cc1F. The molecule has 1 aromatic heterocycles. The molecule has 2 unspecified atom stereocenters. The molecule has 1 aliphatic carbocycles. The first-order valence-electron chi connectivity index (χ1n) is 30.0. The third kappa shape index (κ3) is 28.1. The van der Waals surface area contributed by atoms with E-state index in [0.717, 1.165) is 137 Å². The Bertz CT molecular complexity index is 2190. The summed E-state index contributed by atoms with van der Waals surface area (Å²) in [5.74, 6) is 1.14. The lowest BCUT2D eigenvalue weighted by atomic mass is 9.98. The highest BCUT2D eigenvalue weighted by molar-refractivity contribution is 7.55. The third-order valence-corrected chi connectivity index (χ3v) is 15.9. The van der Waals surface area contributed by atoms with Gasteiger partial charge in [0.05, 0.1) is 23.9 Å². The largest absolute Gasteiger partial charge is 0.404 e. The zero-order chi connectivity index (χ0) is 55.6. The molecule has 77 heavy (non-hydrogen) atoms. The van der Waals surface area contributed by atoms with Crippen LogP contribution in [0.5, 0.6) is 0 Å². The number of rotatable bonds is 42. The molecule has 1 fully saturated rings. The van der Waals surface area contributed by atoms with Crippen molar-refractivity contribution in [3.05, 3.63) is 118 Å². The van der Waals surface area contributed by atoms with E-state index in [2.05, 4.69) is 86.0 Å². The number of hydrogen-bond acceptors (Lipinski definition) is 7. The molecule has 0 spiro atoms. The number of nitrogens with two attached hydrogens (primary N) is 1. The van der Waals surface area contributed by atoms with Gasteiger partial charge in [-0.25, -0.2) is 13.8 Å². The maximum absolute atomic E-state index is 14.2. The van der Waals surface area contributed by atoms with Crippen molar-refractivity contribution in [2.24, 2.45) is 27.6 Å². The van der Waals surface area contributed by atoms with Gasteiger partial charge in [-0.2, -0.15) is 0 Å². The van der Waals surface area contributed by atoms with Crippen LogP contribution >= 0.6 is 7.92 Å². The van der Waals surface area contributed by atoms with Crippen LogP contribution in [0, 0.1) is 30.4 Å². The van der Waals surface area contributed by atoms with Gasteiger partial charge in [-0.05, 0) is 177 Å². The van der Waals surface area contributed by atoms with E-state index in [-0.39, 0.29) is 25.9 Å². The first-order valence-corrected chi connectivity index (χ1v) is 32.5. The Kier molecular flexibility index (Phi) is 32.8. The number of halogens is 2. The standard InChI is InChI=1S/C65H104F2N7O2P/c1-51(2)43-56-29-31-58(32-30-56)49-73(55(7)62(48-68)65(69-52(3)4)70-59-34-33-57(47-59)35-42-77(8)9)37-41-76-39-25-20-24-38-75-40-26-22-28-60-50-74(72-71-60)36-23-19-17-15-13-11-10-12-14-16-18-21-27-53(5)44-61-63(66)45-54(6)46-64(61)67/h29-32,45-46,48,50-51,57,59H,5,7,10-28,33-44,47,49,68H2,1-4,6,8-9H3/b62-48-,70-65?. The molecule has 0 bridgehead atoms. The van der Waals surface area contributed by atoms with Crippen LogP contribution in [0.4, 0.5) is 8.78 Å². The van der Waals surface area contributed by atoms with Crippen LogP contribution in [0.3, 0.4) is 0 Å². The van der Waals surface area contributed by atoms with E-state index in [9.17, 15) is 8.78 Å². The maximum atomic E-state index is 14.2. The highest BCUT2D eigenvalue weighted by atomic mass is 31.1. The Morgan fingerprint density at radius 2 is 1.40 bits per heavy atom.